The summed E-state index contributed by atoms with van der Waals surface area (Å²) in [6.45, 7) is 0. The molecule has 0 aliphatic carbocycles. The third-order valence-electron chi connectivity index (χ3n) is 9.10. The van der Waals surface area contributed by atoms with Crippen LogP contribution < -0.4 is 24.2 Å². The third-order valence-corrected chi connectivity index (χ3v) is 9.10. The van der Waals surface area contributed by atoms with Crippen LogP contribution in [0.2, 0.25) is 0 Å². The number of quaternary nitrogens is 1. The Hall–Kier alpha value is -5.34. The maximum Gasteiger partial charge on any atom is 0.351 e. The molecule has 0 saturated carbocycles. The van der Waals surface area contributed by atoms with Gasteiger partial charge in [-0.05, 0) is 51.8 Å². The first-order valence-corrected chi connectivity index (χ1v) is 13.0. The van der Waals surface area contributed by atoms with Crippen molar-refractivity contribution in [1.82, 2.24) is 18.7 Å². The molecular weight excluding hydrogens is 488 g/mol. The van der Waals surface area contributed by atoms with E-state index in [1.807, 2.05) is 42.9 Å². The van der Waals surface area contributed by atoms with E-state index in [9.17, 15) is 4.79 Å². The Bertz CT molecular complexity index is 2580. The molecule has 1 spiro atoms. The van der Waals surface area contributed by atoms with Crippen LogP contribution in [0.1, 0.15) is 0 Å². The second-order valence-corrected chi connectivity index (χ2v) is 10.7. The molecule has 0 bridgehead atoms. The summed E-state index contributed by atoms with van der Waals surface area (Å²) in [7, 11) is 2.12. The Morgan fingerprint density at radius 2 is 1.64 bits per heavy atom. The zero-order chi connectivity index (χ0) is 25.4. The summed E-state index contributed by atoms with van der Waals surface area (Å²) in [4.78, 5) is 18.9. The van der Waals surface area contributed by atoms with E-state index in [1.165, 1.54) is 0 Å². The van der Waals surface area contributed by atoms with Crippen molar-refractivity contribution in [2.45, 2.75) is 0 Å². The van der Waals surface area contributed by atoms with Crippen molar-refractivity contribution in [3.05, 3.63) is 95.5 Å². The van der Waals surface area contributed by atoms with Crippen molar-refractivity contribution in [2.24, 2.45) is 7.05 Å². The highest BCUT2D eigenvalue weighted by molar-refractivity contribution is 6.17. The number of ether oxygens (including phenoxy) is 1. The molecule has 7 heterocycles. The molecule has 0 radical (unpaired) electrons. The number of aromatic nitrogens is 5. The summed E-state index contributed by atoms with van der Waals surface area (Å²) in [6, 6.07) is 24.6. The predicted molar refractivity (Wildman–Crippen MR) is 146 cm³/mol. The van der Waals surface area contributed by atoms with E-state index < -0.39 is 0 Å². The highest BCUT2D eigenvalue weighted by atomic mass is 16.5. The van der Waals surface area contributed by atoms with Gasteiger partial charge in [-0.2, -0.15) is 0 Å². The molecule has 39 heavy (non-hydrogen) atoms. The minimum absolute atomic E-state index is 0.0367. The minimum atomic E-state index is 0.0367. The average Bonchev–Trinajstić information content (AvgIpc) is 3.58. The van der Waals surface area contributed by atoms with E-state index in [4.69, 9.17) is 9.72 Å². The van der Waals surface area contributed by atoms with Gasteiger partial charge in [0.2, 0.25) is 5.52 Å². The molecule has 0 amide bonds. The number of hydrogen-bond donors (Lipinski definition) is 0. The van der Waals surface area contributed by atoms with Gasteiger partial charge in [0.15, 0.2) is 28.0 Å². The molecule has 8 nitrogen and oxygen atoms in total. The van der Waals surface area contributed by atoms with Gasteiger partial charge in [0, 0.05) is 5.39 Å². The van der Waals surface area contributed by atoms with Gasteiger partial charge < -0.3 is 4.74 Å². The van der Waals surface area contributed by atoms with Gasteiger partial charge in [-0.25, -0.2) is 8.97 Å². The van der Waals surface area contributed by atoms with Crippen molar-refractivity contribution in [1.29, 1.82) is 0 Å². The predicted octanol–water partition coefficient (Wildman–Crippen LogP) is 4.62. The molecule has 8 aromatic rings. The molecule has 180 valence electrons. The minimum Gasteiger partial charge on any atom is -0.444 e. The smallest absolute Gasteiger partial charge is 0.351 e. The molecule has 11 rings (SSSR count). The van der Waals surface area contributed by atoms with Crippen molar-refractivity contribution in [2.75, 3.05) is 0 Å². The topological polar surface area (TPSA) is 56.3 Å². The number of para-hydroxylation sites is 4. The highest BCUT2D eigenvalue weighted by Gasteiger charge is 2.67. The number of nitrogens with zero attached hydrogens (tertiary/aromatic N) is 6. The second-order valence-electron chi connectivity index (χ2n) is 10.7. The lowest BCUT2D eigenvalue weighted by Gasteiger charge is -2.33. The van der Waals surface area contributed by atoms with Crippen molar-refractivity contribution in [3.8, 4) is 22.9 Å². The zero-order valence-corrected chi connectivity index (χ0v) is 20.6. The Morgan fingerprint density at radius 1 is 0.821 bits per heavy atom. The molecule has 0 N–H and O–H groups in total. The van der Waals surface area contributed by atoms with Gasteiger partial charge >= 0.3 is 11.5 Å². The van der Waals surface area contributed by atoms with E-state index in [0.29, 0.717) is 10.8 Å². The van der Waals surface area contributed by atoms with E-state index in [1.54, 1.807) is 0 Å². The van der Waals surface area contributed by atoms with E-state index in [-0.39, 0.29) is 10.1 Å². The van der Waals surface area contributed by atoms with Crippen LogP contribution in [0.15, 0.2) is 90.1 Å². The Balaban J connectivity index is 1.56. The standard InChI is InChI=1S/C31H17N6O2/c1-33-21-9-2-3-10-22(21)36-30(33)19-8-5-11-23-27(19)37(36)28-24(39-23)13-12-18-26(28)35-25-16(6-4-7-17(25)29(18)38)20-14-32-15-34(37)31(20)35/h2-15H,1H3/q+3. The van der Waals surface area contributed by atoms with Crippen molar-refractivity contribution >= 4 is 60.6 Å². The lowest BCUT2D eigenvalue weighted by atomic mass is 10.0. The molecule has 4 aromatic heterocycles. The molecule has 3 aliphatic heterocycles. The Morgan fingerprint density at radius 3 is 2.59 bits per heavy atom. The number of rotatable bonds is 0. The molecule has 1 unspecified atom stereocenters. The van der Waals surface area contributed by atoms with Gasteiger partial charge in [0.25, 0.3) is 17.7 Å². The summed E-state index contributed by atoms with van der Waals surface area (Å²) in [6.07, 6.45) is 3.85. The fraction of sp³-hybridized carbons (Fsp3) is 0.0323. The molecule has 0 saturated heterocycles. The van der Waals surface area contributed by atoms with Crippen LogP contribution in [0.4, 0.5) is 11.4 Å². The molecule has 3 aliphatic rings. The Kier molecular flexibility index (Phi) is 2.69. The van der Waals surface area contributed by atoms with Crippen molar-refractivity contribution < 1.29 is 14.1 Å². The fourth-order valence-corrected chi connectivity index (χ4v) is 7.77. The van der Waals surface area contributed by atoms with E-state index >= 15 is 0 Å². The maximum absolute atomic E-state index is 14.1. The zero-order valence-electron chi connectivity index (χ0n) is 20.6. The van der Waals surface area contributed by atoms with Gasteiger partial charge in [-0.15, -0.1) is 4.98 Å². The Labute approximate surface area is 218 Å². The van der Waals surface area contributed by atoms with Crippen molar-refractivity contribution in [3.63, 3.8) is 0 Å². The summed E-state index contributed by atoms with van der Waals surface area (Å²) in [5.74, 6) is 2.60. The average molecular weight is 506 g/mol. The number of fused-ring (bicyclic) bond motifs is 5. The lowest BCUT2D eigenvalue weighted by molar-refractivity contribution is -1.01. The lowest BCUT2D eigenvalue weighted by Crippen LogP contribution is -2.83. The number of benzene rings is 4. The highest BCUT2D eigenvalue weighted by Crippen LogP contribution is 2.59. The van der Waals surface area contributed by atoms with Crippen LogP contribution in [0, 0.1) is 0 Å². The monoisotopic (exact) mass is 505 g/mol. The van der Waals surface area contributed by atoms with Crippen LogP contribution in [0.25, 0.3) is 60.6 Å². The van der Waals surface area contributed by atoms with Crippen LogP contribution in [0.3, 0.4) is 0 Å². The summed E-state index contributed by atoms with van der Waals surface area (Å²) >= 11 is 0. The molecule has 1 atom stereocenters. The molecular formula is C31H17N6O2+3. The normalized spacial score (nSPS) is 17.8. The number of aryl methyl sites for hydroxylation is 1. The van der Waals surface area contributed by atoms with Crippen LogP contribution in [0.5, 0.6) is 11.5 Å². The number of imidazole rings is 1. The summed E-state index contributed by atoms with van der Waals surface area (Å²) < 4.78 is 16.0. The molecule has 4 aromatic carbocycles. The van der Waals surface area contributed by atoms with Gasteiger partial charge in [0.05, 0.1) is 27.9 Å². The van der Waals surface area contributed by atoms with E-state index in [0.717, 1.165) is 72.7 Å². The summed E-state index contributed by atoms with van der Waals surface area (Å²) in [5.41, 5.74) is 8.08. The first kappa shape index (κ1) is 18.8. The van der Waals surface area contributed by atoms with Crippen LogP contribution >= 0.6 is 0 Å². The van der Waals surface area contributed by atoms with Gasteiger partial charge in [-0.3, -0.25) is 4.79 Å². The van der Waals surface area contributed by atoms with Gasteiger partial charge in [-0.1, -0.05) is 30.3 Å². The van der Waals surface area contributed by atoms with Crippen LogP contribution in [-0.4, -0.2) is 14.0 Å². The van der Waals surface area contributed by atoms with Gasteiger partial charge in [0.1, 0.15) is 17.3 Å². The third kappa shape index (κ3) is 1.64. The SMILES string of the molecule is Cn1c2[n+](c3ccccc31)[N+]13c4c(cccc4-2)Oc2ccc4c(=O)c5cccc6c7cnc[n+]1c7n(c4c23)c56. The first-order chi connectivity index (χ1) is 19.2. The summed E-state index contributed by atoms with van der Waals surface area (Å²) in [5, 5.41) is 3.44. The molecule has 8 heteroatoms. The quantitative estimate of drug-likeness (QED) is 0.172. The number of pyridine rings is 1. The molecule has 0 fully saturated rings. The maximum atomic E-state index is 14.1. The fourth-order valence-electron chi connectivity index (χ4n) is 7.77. The second kappa shape index (κ2) is 5.57. The first-order valence-electron chi connectivity index (χ1n) is 13.0. The van der Waals surface area contributed by atoms with E-state index in [2.05, 4.69) is 67.8 Å². The number of hydrogen-bond acceptors (Lipinski definition) is 3. The largest absolute Gasteiger partial charge is 0.444 e. The van der Waals surface area contributed by atoms with Crippen LogP contribution in [-0.2, 0) is 7.05 Å².